The van der Waals surface area contributed by atoms with Gasteiger partial charge in [-0.05, 0) is 29.0 Å². The molecule has 106 valence electrons. The zero-order valence-corrected chi connectivity index (χ0v) is 12.7. The molecule has 1 atom stereocenters. The second-order valence-corrected chi connectivity index (χ2v) is 6.15. The van der Waals surface area contributed by atoms with Crippen molar-refractivity contribution in [2.45, 2.75) is 52.1 Å². The molecular weight excluding hydrogens is 262 g/mol. The Balaban J connectivity index is 2.77. The molecule has 0 spiro atoms. The maximum Gasteiger partial charge on any atom is 0.320 e. The standard InChI is InChI=1S/C15H22ClNO2/c1-5-13(14(18)19)17-9-10-6-7-11(12(16)8-10)15(2,3)4/h6-8,13,17H,5,9H2,1-4H3,(H,18,19)/t13-/m1/s1. The van der Waals surface area contributed by atoms with Gasteiger partial charge in [-0.2, -0.15) is 0 Å². The van der Waals surface area contributed by atoms with Crippen LogP contribution in [0.1, 0.15) is 45.2 Å². The van der Waals surface area contributed by atoms with Crippen LogP contribution in [0, 0.1) is 0 Å². The molecular formula is C15H22ClNO2. The number of carboxylic acids is 1. The van der Waals surface area contributed by atoms with Crippen molar-refractivity contribution in [3.8, 4) is 0 Å². The second-order valence-electron chi connectivity index (χ2n) is 5.74. The molecule has 0 aromatic heterocycles. The van der Waals surface area contributed by atoms with E-state index in [-0.39, 0.29) is 5.41 Å². The van der Waals surface area contributed by atoms with Gasteiger partial charge in [-0.3, -0.25) is 4.79 Å². The minimum atomic E-state index is -0.820. The van der Waals surface area contributed by atoms with Gasteiger partial charge in [0, 0.05) is 11.6 Å². The van der Waals surface area contributed by atoms with Gasteiger partial charge < -0.3 is 10.4 Å². The molecule has 0 amide bonds. The highest BCUT2D eigenvalue weighted by atomic mass is 35.5. The summed E-state index contributed by atoms with van der Waals surface area (Å²) >= 11 is 6.28. The van der Waals surface area contributed by atoms with Crippen molar-refractivity contribution in [1.29, 1.82) is 0 Å². The smallest absolute Gasteiger partial charge is 0.320 e. The van der Waals surface area contributed by atoms with E-state index in [2.05, 4.69) is 26.1 Å². The summed E-state index contributed by atoms with van der Waals surface area (Å²) in [6.45, 7) is 8.70. The highest BCUT2D eigenvalue weighted by Gasteiger charge is 2.18. The largest absolute Gasteiger partial charge is 0.480 e. The lowest BCUT2D eigenvalue weighted by Gasteiger charge is -2.21. The van der Waals surface area contributed by atoms with Crippen LogP contribution in [0.3, 0.4) is 0 Å². The molecule has 4 heteroatoms. The maximum absolute atomic E-state index is 10.9. The second kappa shape index (κ2) is 6.40. The van der Waals surface area contributed by atoms with Crippen LogP contribution in [0.25, 0.3) is 0 Å². The molecule has 0 aliphatic carbocycles. The highest BCUT2D eigenvalue weighted by molar-refractivity contribution is 6.31. The Labute approximate surface area is 120 Å². The molecule has 0 bridgehead atoms. The summed E-state index contributed by atoms with van der Waals surface area (Å²) in [5.41, 5.74) is 2.11. The van der Waals surface area contributed by atoms with Gasteiger partial charge in [0.2, 0.25) is 0 Å². The molecule has 0 aliphatic heterocycles. The Bertz CT molecular complexity index is 452. The van der Waals surface area contributed by atoms with Crippen LogP contribution in [0.15, 0.2) is 18.2 Å². The third kappa shape index (κ3) is 4.51. The number of halogens is 1. The number of carbonyl (C=O) groups is 1. The van der Waals surface area contributed by atoms with E-state index in [9.17, 15) is 4.79 Å². The van der Waals surface area contributed by atoms with Crippen LogP contribution < -0.4 is 5.32 Å². The molecule has 2 N–H and O–H groups in total. The lowest BCUT2D eigenvalue weighted by atomic mass is 9.86. The fourth-order valence-corrected chi connectivity index (χ4v) is 2.41. The molecule has 0 aliphatic rings. The van der Waals surface area contributed by atoms with E-state index in [0.29, 0.717) is 13.0 Å². The monoisotopic (exact) mass is 283 g/mol. The van der Waals surface area contributed by atoms with Gasteiger partial charge in [0.25, 0.3) is 0 Å². The molecule has 0 heterocycles. The zero-order chi connectivity index (χ0) is 14.6. The van der Waals surface area contributed by atoms with Crippen LogP contribution in [0.2, 0.25) is 5.02 Å². The van der Waals surface area contributed by atoms with Gasteiger partial charge in [0.15, 0.2) is 0 Å². The highest BCUT2D eigenvalue weighted by Crippen LogP contribution is 2.29. The number of hydrogen-bond acceptors (Lipinski definition) is 2. The van der Waals surface area contributed by atoms with Crippen molar-refractivity contribution in [2.24, 2.45) is 0 Å². The maximum atomic E-state index is 10.9. The molecule has 1 aromatic carbocycles. The van der Waals surface area contributed by atoms with Gasteiger partial charge >= 0.3 is 5.97 Å². The normalized spacial score (nSPS) is 13.3. The lowest BCUT2D eigenvalue weighted by molar-refractivity contribution is -0.139. The Kier molecular flexibility index (Phi) is 5.39. The summed E-state index contributed by atoms with van der Waals surface area (Å²) in [5.74, 6) is -0.820. The first-order valence-corrected chi connectivity index (χ1v) is 6.88. The van der Waals surface area contributed by atoms with Crippen LogP contribution in [0.4, 0.5) is 0 Å². The molecule has 1 rings (SSSR count). The van der Waals surface area contributed by atoms with Crippen molar-refractivity contribution in [3.05, 3.63) is 34.3 Å². The van der Waals surface area contributed by atoms with Gasteiger partial charge in [0.05, 0.1) is 0 Å². The third-order valence-corrected chi connectivity index (χ3v) is 3.41. The summed E-state index contributed by atoms with van der Waals surface area (Å²) in [5, 5.41) is 12.7. The predicted octanol–water partition coefficient (Wildman–Crippen LogP) is 3.59. The molecule has 0 radical (unpaired) electrons. The van der Waals surface area contributed by atoms with E-state index in [0.717, 1.165) is 16.1 Å². The number of carboxylic acid groups (broad SMARTS) is 1. The first kappa shape index (κ1) is 16.0. The quantitative estimate of drug-likeness (QED) is 0.868. The first-order valence-electron chi connectivity index (χ1n) is 6.50. The van der Waals surface area contributed by atoms with Crippen LogP contribution >= 0.6 is 11.6 Å². The number of hydrogen-bond donors (Lipinski definition) is 2. The third-order valence-electron chi connectivity index (χ3n) is 3.10. The Morgan fingerprint density at radius 2 is 2.05 bits per heavy atom. The van der Waals surface area contributed by atoms with Crippen molar-refractivity contribution < 1.29 is 9.90 Å². The summed E-state index contributed by atoms with van der Waals surface area (Å²) in [7, 11) is 0. The molecule has 0 saturated carbocycles. The van der Waals surface area contributed by atoms with Crippen molar-refractivity contribution in [3.63, 3.8) is 0 Å². The number of aliphatic carboxylic acids is 1. The van der Waals surface area contributed by atoms with Crippen molar-refractivity contribution in [2.75, 3.05) is 0 Å². The van der Waals surface area contributed by atoms with Crippen molar-refractivity contribution >= 4 is 17.6 Å². The molecule has 3 nitrogen and oxygen atoms in total. The molecule has 0 saturated heterocycles. The number of rotatable bonds is 5. The van der Waals surface area contributed by atoms with Gasteiger partial charge in [-0.15, -0.1) is 0 Å². The Morgan fingerprint density at radius 1 is 1.42 bits per heavy atom. The predicted molar refractivity (Wildman–Crippen MR) is 78.7 cm³/mol. The average Bonchev–Trinajstić information content (AvgIpc) is 2.27. The van der Waals surface area contributed by atoms with Gasteiger partial charge in [0.1, 0.15) is 6.04 Å². The number of nitrogens with one attached hydrogen (secondary N) is 1. The minimum Gasteiger partial charge on any atom is -0.480 e. The van der Waals surface area contributed by atoms with E-state index in [1.165, 1.54) is 0 Å². The van der Waals surface area contributed by atoms with Crippen LogP contribution in [0.5, 0.6) is 0 Å². The Hall–Kier alpha value is -1.06. The zero-order valence-electron chi connectivity index (χ0n) is 12.0. The van der Waals surface area contributed by atoms with E-state index < -0.39 is 12.0 Å². The van der Waals surface area contributed by atoms with E-state index in [4.69, 9.17) is 16.7 Å². The fraction of sp³-hybridized carbons (Fsp3) is 0.533. The van der Waals surface area contributed by atoms with Crippen molar-refractivity contribution in [1.82, 2.24) is 5.32 Å². The molecule has 19 heavy (non-hydrogen) atoms. The molecule has 1 aromatic rings. The topological polar surface area (TPSA) is 49.3 Å². The fourth-order valence-electron chi connectivity index (χ4n) is 1.92. The summed E-state index contributed by atoms with van der Waals surface area (Å²) in [6.07, 6.45) is 0.559. The van der Waals surface area contributed by atoms with E-state index >= 15 is 0 Å². The van der Waals surface area contributed by atoms with Crippen LogP contribution in [-0.2, 0) is 16.8 Å². The molecule has 0 fully saturated rings. The van der Waals surface area contributed by atoms with E-state index in [1.807, 2.05) is 25.1 Å². The first-order chi connectivity index (χ1) is 8.75. The van der Waals surface area contributed by atoms with Gasteiger partial charge in [-0.1, -0.05) is 51.4 Å². The van der Waals surface area contributed by atoms with Crippen LogP contribution in [-0.4, -0.2) is 17.1 Å². The summed E-state index contributed by atoms with van der Waals surface area (Å²) in [4.78, 5) is 10.9. The lowest BCUT2D eigenvalue weighted by Crippen LogP contribution is -2.35. The average molecular weight is 284 g/mol. The van der Waals surface area contributed by atoms with E-state index in [1.54, 1.807) is 0 Å². The SMILES string of the molecule is CC[C@@H](NCc1ccc(C(C)(C)C)c(Cl)c1)C(=O)O. The Morgan fingerprint density at radius 3 is 2.47 bits per heavy atom. The molecule has 0 unspecified atom stereocenters. The minimum absolute atomic E-state index is 0.00998. The number of benzene rings is 1. The van der Waals surface area contributed by atoms with Gasteiger partial charge in [-0.25, -0.2) is 0 Å². The summed E-state index contributed by atoms with van der Waals surface area (Å²) in [6, 6.07) is 5.40. The summed E-state index contributed by atoms with van der Waals surface area (Å²) < 4.78 is 0.